The van der Waals surface area contributed by atoms with Crippen LogP contribution in [-0.2, 0) is 6.42 Å². The molecule has 2 aliphatic rings. The summed E-state index contributed by atoms with van der Waals surface area (Å²) in [5, 5.41) is 0. The molecule has 0 aliphatic heterocycles. The fourth-order valence-electron chi connectivity index (χ4n) is 2.75. The van der Waals surface area contributed by atoms with Gasteiger partial charge in [0.15, 0.2) is 0 Å². The molecule has 0 spiro atoms. The molecule has 0 unspecified atom stereocenters. The van der Waals surface area contributed by atoms with Crippen molar-refractivity contribution in [1.29, 1.82) is 0 Å². The van der Waals surface area contributed by atoms with E-state index >= 15 is 0 Å². The predicted molar refractivity (Wildman–Crippen MR) is 45.5 cm³/mol. The molecule has 68 valence electrons. The fraction of sp³-hybridized carbons (Fsp3) is 0.455. The summed E-state index contributed by atoms with van der Waals surface area (Å²) in [5.41, 5.74) is 1.30. The minimum Gasteiger partial charge on any atom is -0.207 e. The van der Waals surface area contributed by atoms with E-state index < -0.39 is 0 Å². The molecule has 0 aromatic heterocycles. The molecule has 3 rings (SSSR count). The molecule has 0 heterocycles. The molecule has 1 aromatic carbocycles. The maximum Gasteiger partial charge on any atom is 0.127 e. The molecule has 3 atom stereocenters. The van der Waals surface area contributed by atoms with Crippen molar-refractivity contribution in [3.05, 3.63) is 34.9 Å². The fourth-order valence-corrected chi connectivity index (χ4v) is 2.75. The van der Waals surface area contributed by atoms with Crippen molar-refractivity contribution in [2.45, 2.75) is 19.3 Å². The summed E-state index contributed by atoms with van der Waals surface area (Å²) in [4.78, 5) is 0. The van der Waals surface area contributed by atoms with Gasteiger partial charge in [0, 0.05) is 0 Å². The quantitative estimate of drug-likeness (QED) is 0.576. The molecule has 1 aromatic rings. The molecule has 0 saturated heterocycles. The maximum absolute atomic E-state index is 13.4. The van der Waals surface area contributed by atoms with Crippen LogP contribution in [0.4, 0.5) is 8.78 Å². The van der Waals surface area contributed by atoms with Crippen LogP contribution >= 0.6 is 0 Å². The van der Waals surface area contributed by atoms with E-state index in [0.717, 1.165) is 6.42 Å². The first-order valence-corrected chi connectivity index (χ1v) is 4.67. The Morgan fingerprint density at radius 3 is 2.69 bits per heavy atom. The molecule has 1 fully saturated rings. The van der Waals surface area contributed by atoms with Gasteiger partial charge < -0.3 is 0 Å². The van der Waals surface area contributed by atoms with E-state index in [9.17, 15) is 8.78 Å². The van der Waals surface area contributed by atoms with Crippen LogP contribution in [0.5, 0.6) is 0 Å². The molecule has 13 heavy (non-hydrogen) atoms. The second kappa shape index (κ2) is 2.11. The second-order valence-electron chi connectivity index (χ2n) is 4.17. The lowest BCUT2D eigenvalue weighted by Gasteiger charge is -2.06. The van der Waals surface area contributed by atoms with Crippen LogP contribution in [0.2, 0.25) is 0 Å². The van der Waals surface area contributed by atoms with Crippen LogP contribution in [0.25, 0.3) is 0 Å². The average Bonchev–Trinajstić information content (AvgIpc) is 2.63. The lowest BCUT2D eigenvalue weighted by Crippen LogP contribution is -1.98. The highest BCUT2D eigenvalue weighted by molar-refractivity contribution is 5.44. The Labute approximate surface area is 75.6 Å². The van der Waals surface area contributed by atoms with Gasteiger partial charge in [-0.15, -0.1) is 0 Å². The minimum absolute atomic E-state index is 0.215. The Morgan fingerprint density at radius 1 is 1.23 bits per heavy atom. The summed E-state index contributed by atoms with van der Waals surface area (Å²) in [6.07, 6.45) is 0.741. The third kappa shape index (κ3) is 0.787. The maximum atomic E-state index is 13.4. The largest absolute Gasteiger partial charge is 0.207 e. The molecule has 0 radical (unpaired) electrons. The van der Waals surface area contributed by atoms with E-state index in [1.54, 1.807) is 0 Å². The van der Waals surface area contributed by atoms with Gasteiger partial charge in [0.1, 0.15) is 11.6 Å². The van der Waals surface area contributed by atoms with Crippen LogP contribution in [0.15, 0.2) is 12.1 Å². The highest BCUT2D eigenvalue weighted by Gasteiger charge is 2.54. The monoisotopic (exact) mass is 180 g/mol. The van der Waals surface area contributed by atoms with Gasteiger partial charge in [-0.25, -0.2) is 8.78 Å². The van der Waals surface area contributed by atoms with Crippen molar-refractivity contribution in [1.82, 2.24) is 0 Å². The van der Waals surface area contributed by atoms with Crippen LogP contribution in [0.1, 0.15) is 24.0 Å². The topological polar surface area (TPSA) is 0 Å². The van der Waals surface area contributed by atoms with Crippen molar-refractivity contribution in [2.75, 3.05) is 0 Å². The molecular formula is C11H10F2. The number of benzene rings is 1. The van der Waals surface area contributed by atoms with E-state index in [0.29, 0.717) is 28.9 Å². The van der Waals surface area contributed by atoms with Crippen LogP contribution in [0.3, 0.4) is 0 Å². The normalized spacial score (nSPS) is 34.2. The van der Waals surface area contributed by atoms with Crippen molar-refractivity contribution in [3.63, 3.8) is 0 Å². The predicted octanol–water partition coefficient (Wildman–Crippen LogP) is 2.87. The first-order chi connectivity index (χ1) is 6.20. The third-order valence-electron chi connectivity index (χ3n) is 3.58. The zero-order valence-corrected chi connectivity index (χ0v) is 7.35. The highest BCUT2D eigenvalue weighted by atomic mass is 19.1. The zero-order valence-electron chi connectivity index (χ0n) is 7.35. The number of rotatable bonds is 0. The van der Waals surface area contributed by atoms with Gasteiger partial charge in [-0.1, -0.05) is 6.92 Å². The lowest BCUT2D eigenvalue weighted by atomic mass is 10.0. The summed E-state index contributed by atoms with van der Waals surface area (Å²) >= 11 is 0. The number of hydrogen-bond donors (Lipinski definition) is 0. The Bertz CT molecular complexity index is 384. The van der Waals surface area contributed by atoms with E-state index in [4.69, 9.17) is 0 Å². The highest BCUT2D eigenvalue weighted by Crippen LogP contribution is 2.61. The van der Waals surface area contributed by atoms with Crippen molar-refractivity contribution in [2.24, 2.45) is 11.8 Å². The van der Waals surface area contributed by atoms with E-state index in [1.165, 1.54) is 12.1 Å². The van der Waals surface area contributed by atoms with Gasteiger partial charge in [0.05, 0.1) is 0 Å². The van der Waals surface area contributed by atoms with Gasteiger partial charge in [-0.3, -0.25) is 0 Å². The van der Waals surface area contributed by atoms with E-state index in [1.807, 2.05) is 0 Å². The second-order valence-corrected chi connectivity index (χ2v) is 4.17. The molecule has 2 aliphatic carbocycles. The Morgan fingerprint density at radius 2 is 1.92 bits per heavy atom. The number of halogens is 2. The standard InChI is InChI=1S/C11H10F2/c1-5-6-4-7-8(12)2-3-9(13)11(7)10(5)6/h2-3,5-6,10H,4H2,1H3/t5-,6+,10-/m1/s1. The zero-order chi connectivity index (χ0) is 9.16. The van der Waals surface area contributed by atoms with Gasteiger partial charge in [0.25, 0.3) is 0 Å². The van der Waals surface area contributed by atoms with Crippen molar-refractivity contribution >= 4 is 0 Å². The van der Waals surface area contributed by atoms with Crippen LogP contribution in [-0.4, -0.2) is 0 Å². The van der Waals surface area contributed by atoms with E-state index in [2.05, 4.69) is 6.92 Å². The lowest BCUT2D eigenvalue weighted by molar-refractivity contribution is 0.571. The summed E-state index contributed by atoms with van der Waals surface area (Å²) in [5.74, 6) is 0.944. The van der Waals surface area contributed by atoms with Gasteiger partial charge >= 0.3 is 0 Å². The van der Waals surface area contributed by atoms with Crippen molar-refractivity contribution < 1.29 is 8.78 Å². The first kappa shape index (κ1) is 7.48. The van der Waals surface area contributed by atoms with Gasteiger partial charge in [0.2, 0.25) is 0 Å². The molecule has 0 bridgehead atoms. The number of fused-ring (bicyclic) bond motifs is 3. The van der Waals surface area contributed by atoms with E-state index in [-0.39, 0.29) is 11.6 Å². The Balaban J connectivity index is 2.21. The number of hydrogen-bond acceptors (Lipinski definition) is 0. The summed E-state index contributed by atoms with van der Waals surface area (Å²) < 4.78 is 26.6. The summed E-state index contributed by atoms with van der Waals surface area (Å²) in [6.45, 7) is 2.11. The smallest absolute Gasteiger partial charge is 0.127 e. The summed E-state index contributed by atoms with van der Waals surface area (Å²) in [7, 11) is 0. The van der Waals surface area contributed by atoms with Gasteiger partial charge in [-0.2, -0.15) is 0 Å². The SMILES string of the molecule is C[C@@H]1[C@@H]2Cc3c(F)ccc(F)c3[C@H]12. The Hall–Kier alpha value is -0.920. The van der Waals surface area contributed by atoms with Crippen LogP contribution in [0, 0.1) is 23.5 Å². The summed E-state index contributed by atoms with van der Waals surface area (Å²) in [6, 6.07) is 2.49. The van der Waals surface area contributed by atoms with Crippen LogP contribution < -0.4 is 0 Å². The first-order valence-electron chi connectivity index (χ1n) is 4.67. The van der Waals surface area contributed by atoms with Gasteiger partial charge in [-0.05, 0) is 47.4 Å². The molecular weight excluding hydrogens is 170 g/mol. The van der Waals surface area contributed by atoms with Crippen molar-refractivity contribution in [3.8, 4) is 0 Å². The molecule has 1 saturated carbocycles. The molecule has 0 N–H and O–H groups in total. The molecule has 0 amide bonds. The Kier molecular flexibility index (Phi) is 1.22. The minimum atomic E-state index is -0.226. The molecule has 2 heteroatoms. The molecule has 0 nitrogen and oxygen atoms in total. The average molecular weight is 180 g/mol. The third-order valence-corrected chi connectivity index (χ3v) is 3.58.